The van der Waals surface area contributed by atoms with E-state index in [2.05, 4.69) is 0 Å². The predicted molar refractivity (Wildman–Crippen MR) is 71.9 cm³/mol. The molecule has 2 aromatic rings. The molecule has 1 aromatic carbocycles. The fourth-order valence-electron chi connectivity index (χ4n) is 1.88. The van der Waals surface area contributed by atoms with Crippen LogP contribution in [0.2, 0.25) is 0 Å². The molecule has 0 fully saturated rings. The number of hydrogen-bond acceptors (Lipinski definition) is 5. The van der Waals surface area contributed by atoms with Gasteiger partial charge in [-0.2, -0.15) is 0 Å². The van der Waals surface area contributed by atoms with Crippen LogP contribution in [0.4, 0.5) is 0 Å². The Labute approximate surface area is 114 Å². The zero-order valence-electron chi connectivity index (χ0n) is 11.0. The topological polar surface area (TPSA) is 88.8 Å². The van der Waals surface area contributed by atoms with Crippen molar-refractivity contribution in [3.05, 3.63) is 40.2 Å². The van der Waals surface area contributed by atoms with Crippen LogP contribution >= 0.6 is 0 Å². The predicted octanol–water partition coefficient (Wildman–Crippen LogP) is 1.63. The molecule has 0 aliphatic heterocycles. The van der Waals surface area contributed by atoms with Gasteiger partial charge in [-0.15, -0.1) is 0 Å². The minimum absolute atomic E-state index is 0.0118. The molecule has 106 valence electrons. The van der Waals surface area contributed by atoms with E-state index in [0.717, 1.165) is 5.39 Å². The first-order chi connectivity index (χ1) is 9.63. The fourth-order valence-corrected chi connectivity index (χ4v) is 1.88. The molecule has 0 spiro atoms. The zero-order valence-corrected chi connectivity index (χ0v) is 11.0. The van der Waals surface area contributed by atoms with Gasteiger partial charge in [0.25, 0.3) is 0 Å². The third-order valence-corrected chi connectivity index (χ3v) is 2.83. The number of nitrogens with one attached hydrogen (secondary N) is 1. The lowest BCUT2D eigenvalue weighted by Crippen LogP contribution is -2.20. The van der Waals surface area contributed by atoms with Gasteiger partial charge in [-0.25, -0.2) is 10.3 Å². The number of aryl methyl sites for hydroxylation is 1. The largest absolute Gasteiger partial charge is 0.494 e. The average molecular weight is 277 g/mol. The summed E-state index contributed by atoms with van der Waals surface area (Å²) < 4.78 is 10.6. The maximum absolute atomic E-state index is 11.8. The standard InChI is InChI=1S/C14H15NO5/c1-2-19-11-4-5-12-10(8-11)7-9(14(17)20-12)3-6-13(16)15-18/h4-5,7-8,18H,2-3,6H2,1H3,(H,15,16). The van der Waals surface area contributed by atoms with E-state index in [1.165, 1.54) is 5.48 Å². The lowest BCUT2D eigenvalue weighted by Gasteiger charge is -2.05. The van der Waals surface area contributed by atoms with Crippen LogP contribution in [0.1, 0.15) is 18.9 Å². The number of ether oxygens (including phenoxy) is 1. The van der Waals surface area contributed by atoms with Gasteiger partial charge in [0.2, 0.25) is 5.91 Å². The Kier molecular flexibility index (Phi) is 4.37. The number of benzene rings is 1. The summed E-state index contributed by atoms with van der Waals surface area (Å²) in [6.45, 7) is 2.43. The van der Waals surface area contributed by atoms with Gasteiger partial charge < -0.3 is 9.15 Å². The minimum atomic E-state index is -0.549. The third kappa shape index (κ3) is 3.16. The molecule has 0 bridgehead atoms. The first-order valence-corrected chi connectivity index (χ1v) is 6.26. The lowest BCUT2D eigenvalue weighted by molar-refractivity contribution is -0.129. The van der Waals surface area contributed by atoms with Gasteiger partial charge in [-0.1, -0.05) is 0 Å². The molecule has 1 heterocycles. The van der Waals surface area contributed by atoms with E-state index in [1.54, 1.807) is 24.3 Å². The van der Waals surface area contributed by atoms with Crippen LogP contribution in [0.15, 0.2) is 33.5 Å². The molecule has 0 aliphatic rings. The Morgan fingerprint density at radius 1 is 1.40 bits per heavy atom. The highest BCUT2D eigenvalue weighted by molar-refractivity contribution is 5.79. The van der Waals surface area contributed by atoms with E-state index < -0.39 is 11.5 Å². The number of carbonyl (C=O) groups excluding carboxylic acids is 1. The summed E-state index contributed by atoms with van der Waals surface area (Å²) in [5.74, 6) is 0.139. The molecule has 0 saturated carbocycles. The Balaban J connectivity index is 2.33. The molecule has 20 heavy (non-hydrogen) atoms. The Bertz CT molecular complexity index is 677. The van der Waals surface area contributed by atoms with Crippen molar-refractivity contribution in [1.29, 1.82) is 0 Å². The molecule has 1 aromatic heterocycles. The van der Waals surface area contributed by atoms with Crippen molar-refractivity contribution in [2.45, 2.75) is 19.8 Å². The monoisotopic (exact) mass is 277 g/mol. The molecule has 0 radical (unpaired) electrons. The molecule has 0 unspecified atom stereocenters. The van der Waals surface area contributed by atoms with E-state index in [9.17, 15) is 9.59 Å². The Morgan fingerprint density at radius 3 is 2.90 bits per heavy atom. The third-order valence-electron chi connectivity index (χ3n) is 2.83. The van der Waals surface area contributed by atoms with Gasteiger partial charge in [0.15, 0.2) is 0 Å². The molecule has 0 aliphatic carbocycles. The van der Waals surface area contributed by atoms with Crippen LogP contribution in [0, 0.1) is 0 Å². The maximum atomic E-state index is 11.8. The van der Waals surface area contributed by atoms with Crippen molar-refractivity contribution in [1.82, 2.24) is 5.48 Å². The van der Waals surface area contributed by atoms with Crippen molar-refractivity contribution >= 4 is 16.9 Å². The van der Waals surface area contributed by atoms with Gasteiger partial charge in [0.1, 0.15) is 11.3 Å². The lowest BCUT2D eigenvalue weighted by atomic mass is 10.1. The van der Waals surface area contributed by atoms with Gasteiger partial charge in [-0.05, 0) is 37.6 Å². The molecule has 2 N–H and O–H groups in total. The summed E-state index contributed by atoms with van der Waals surface area (Å²) in [7, 11) is 0. The molecule has 0 atom stereocenters. The molecule has 6 heteroatoms. The van der Waals surface area contributed by atoms with Crippen LogP contribution in [-0.4, -0.2) is 17.7 Å². The molecular formula is C14H15NO5. The second-order valence-electron chi connectivity index (χ2n) is 4.23. The summed E-state index contributed by atoms with van der Waals surface area (Å²) in [5, 5.41) is 9.16. The van der Waals surface area contributed by atoms with Crippen molar-refractivity contribution in [3.63, 3.8) is 0 Å². The van der Waals surface area contributed by atoms with Gasteiger partial charge in [-0.3, -0.25) is 10.0 Å². The van der Waals surface area contributed by atoms with E-state index in [-0.39, 0.29) is 12.8 Å². The average Bonchev–Trinajstić information content (AvgIpc) is 2.45. The van der Waals surface area contributed by atoms with Crippen LogP contribution in [0.25, 0.3) is 11.0 Å². The van der Waals surface area contributed by atoms with Crippen LogP contribution < -0.4 is 15.8 Å². The molecule has 2 rings (SSSR count). The molecule has 1 amide bonds. The highest BCUT2D eigenvalue weighted by atomic mass is 16.5. The molecule has 0 saturated heterocycles. The number of rotatable bonds is 5. The van der Waals surface area contributed by atoms with Crippen LogP contribution in [-0.2, 0) is 11.2 Å². The summed E-state index contributed by atoms with van der Waals surface area (Å²) >= 11 is 0. The van der Waals surface area contributed by atoms with E-state index >= 15 is 0 Å². The number of carbonyl (C=O) groups is 1. The van der Waals surface area contributed by atoms with Gasteiger partial charge >= 0.3 is 5.63 Å². The van der Waals surface area contributed by atoms with Gasteiger partial charge in [0, 0.05) is 17.4 Å². The summed E-state index contributed by atoms with van der Waals surface area (Å²) in [6, 6.07) is 6.85. The second-order valence-corrected chi connectivity index (χ2v) is 4.23. The molecule has 6 nitrogen and oxygen atoms in total. The first-order valence-electron chi connectivity index (χ1n) is 6.26. The van der Waals surface area contributed by atoms with Crippen molar-refractivity contribution < 1.29 is 19.2 Å². The number of fused-ring (bicyclic) bond motifs is 1. The smallest absolute Gasteiger partial charge is 0.339 e. The SMILES string of the molecule is CCOc1ccc2oc(=O)c(CCC(=O)NO)cc2c1. The fraction of sp³-hybridized carbons (Fsp3) is 0.286. The van der Waals surface area contributed by atoms with Crippen LogP contribution in [0.5, 0.6) is 5.75 Å². The maximum Gasteiger partial charge on any atom is 0.339 e. The van der Waals surface area contributed by atoms with E-state index in [4.69, 9.17) is 14.4 Å². The summed E-state index contributed by atoms with van der Waals surface area (Å²) in [5.41, 5.74) is 1.90. The van der Waals surface area contributed by atoms with Crippen LogP contribution in [0.3, 0.4) is 0 Å². The zero-order chi connectivity index (χ0) is 14.5. The van der Waals surface area contributed by atoms with Gasteiger partial charge in [0.05, 0.1) is 6.61 Å². The summed E-state index contributed by atoms with van der Waals surface area (Å²) in [6.07, 6.45) is 0.210. The minimum Gasteiger partial charge on any atom is -0.494 e. The number of hydroxylamine groups is 1. The normalized spacial score (nSPS) is 10.5. The van der Waals surface area contributed by atoms with Crippen molar-refractivity contribution in [3.8, 4) is 5.75 Å². The number of amides is 1. The van der Waals surface area contributed by atoms with Crippen molar-refractivity contribution in [2.24, 2.45) is 0 Å². The highest BCUT2D eigenvalue weighted by Crippen LogP contribution is 2.20. The molecular weight excluding hydrogens is 262 g/mol. The Morgan fingerprint density at radius 2 is 2.20 bits per heavy atom. The first kappa shape index (κ1) is 14.1. The highest BCUT2D eigenvalue weighted by Gasteiger charge is 2.08. The number of hydrogen-bond donors (Lipinski definition) is 2. The quantitative estimate of drug-likeness (QED) is 0.492. The van der Waals surface area contributed by atoms with Crippen molar-refractivity contribution in [2.75, 3.05) is 6.61 Å². The summed E-state index contributed by atoms with van der Waals surface area (Å²) in [4.78, 5) is 22.7. The second kappa shape index (κ2) is 6.21. The Hall–Kier alpha value is -2.34. The van der Waals surface area contributed by atoms with E-state index in [1.807, 2.05) is 6.92 Å². The van der Waals surface area contributed by atoms with E-state index in [0.29, 0.717) is 23.5 Å².